The molecular formula is C20H24N6O2. The monoisotopic (exact) mass is 380 g/mol. The molecule has 0 bridgehead atoms. The van der Waals surface area contributed by atoms with Crippen LogP contribution in [-0.2, 0) is 6.54 Å². The molecule has 0 radical (unpaired) electrons. The largest absolute Gasteiger partial charge is 0.454 e. The van der Waals surface area contributed by atoms with Crippen LogP contribution in [0.3, 0.4) is 0 Å². The lowest BCUT2D eigenvalue weighted by Crippen LogP contribution is -2.25. The van der Waals surface area contributed by atoms with Crippen molar-refractivity contribution in [3.05, 3.63) is 54.2 Å². The molecule has 1 aromatic carbocycles. The Hall–Kier alpha value is -3.13. The van der Waals surface area contributed by atoms with Gasteiger partial charge in [-0.3, -0.25) is 4.57 Å². The third-order valence-electron chi connectivity index (χ3n) is 4.57. The van der Waals surface area contributed by atoms with Crippen LogP contribution in [0.2, 0.25) is 0 Å². The van der Waals surface area contributed by atoms with Gasteiger partial charge in [-0.2, -0.15) is 4.98 Å². The van der Waals surface area contributed by atoms with Gasteiger partial charge in [0.25, 0.3) is 0 Å². The van der Waals surface area contributed by atoms with Crippen LogP contribution in [0.5, 0.6) is 11.5 Å². The molecule has 28 heavy (non-hydrogen) atoms. The van der Waals surface area contributed by atoms with Gasteiger partial charge in [0.15, 0.2) is 11.5 Å². The van der Waals surface area contributed by atoms with Gasteiger partial charge in [0.2, 0.25) is 12.7 Å². The van der Waals surface area contributed by atoms with Crippen molar-refractivity contribution >= 4 is 5.82 Å². The summed E-state index contributed by atoms with van der Waals surface area (Å²) in [6.45, 7) is 4.90. The summed E-state index contributed by atoms with van der Waals surface area (Å²) in [5.41, 5.74) is 2.12. The lowest BCUT2D eigenvalue weighted by Gasteiger charge is -2.19. The summed E-state index contributed by atoms with van der Waals surface area (Å²) < 4.78 is 12.6. The number of ether oxygens (including phenoxy) is 2. The van der Waals surface area contributed by atoms with Crippen molar-refractivity contribution < 1.29 is 9.47 Å². The molecule has 0 saturated heterocycles. The molecule has 0 fully saturated rings. The molecule has 1 N–H and O–H groups in total. The van der Waals surface area contributed by atoms with E-state index in [1.807, 2.05) is 35.9 Å². The second-order valence-corrected chi connectivity index (χ2v) is 6.78. The van der Waals surface area contributed by atoms with Crippen LogP contribution >= 0.6 is 0 Å². The van der Waals surface area contributed by atoms with Crippen LogP contribution in [0.25, 0.3) is 5.95 Å². The number of imidazole rings is 1. The Morgan fingerprint density at radius 2 is 2.07 bits per heavy atom. The molecule has 0 spiro atoms. The highest BCUT2D eigenvalue weighted by atomic mass is 16.7. The Kier molecular flexibility index (Phi) is 5.38. The fourth-order valence-corrected chi connectivity index (χ4v) is 3.06. The first-order chi connectivity index (χ1) is 13.7. The SMILES string of the molecule is Cc1cc(N(C)CCCNCc2ccc3c(c2)OCO3)nc(-n2ccnc2)n1. The number of fused-ring (bicyclic) bond motifs is 1. The summed E-state index contributed by atoms with van der Waals surface area (Å²) >= 11 is 0. The second kappa shape index (κ2) is 8.26. The predicted octanol–water partition coefficient (Wildman–Crippen LogP) is 2.32. The van der Waals surface area contributed by atoms with E-state index in [0.29, 0.717) is 12.7 Å². The third-order valence-corrected chi connectivity index (χ3v) is 4.57. The van der Waals surface area contributed by atoms with Crippen molar-refractivity contribution in [2.24, 2.45) is 0 Å². The van der Waals surface area contributed by atoms with Crippen molar-refractivity contribution in [2.45, 2.75) is 19.9 Å². The molecular weight excluding hydrogens is 356 g/mol. The minimum atomic E-state index is 0.309. The van der Waals surface area contributed by atoms with Crippen molar-refractivity contribution in [3.63, 3.8) is 0 Å². The van der Waals surface area contributed by atoms with Crippen molar-refractivity contribution in [1.82, 2.24) is 24.8 Å². The average molecular weight is 380 g/mol. The first kappa shape index (κ1) is 18.2. The predicted molar refractivity (Wildman–Crippen MR) is 106 cm³/mol. The van der Waals surface area contributed by atoms with Crippen molar-refractivity contribution in [1.29, 1.82) is 0 Å². The van der Waals surface area contributed by atoms with Gasteiger partial charge in [0, 0.05) is 44.3 Å². The van der Waals surface area contributed by atoms with E-state index in [1.165, 1.54) is 5.56 Å². The Labute approximate surface area is 164 Å². The highest BCUT2D eigenvalue weighted by Gasteiger charge is 2.13. The molecule has 0 amide bonds. The molecule has 4 rings (SSSR count). The summed E-state index contributed by atoms with van der Waals surface area (Å²) in [4.78, 5) is 15.3. The zero-order chi connectivity index (χ0) is 19.3. The van der Waals surface area contributed by atoms with Gasteiger partial charge in [0.1, 0.15) is 12.1 Å². The van der Waals surface area contributed by atoms with E-state index in [1.54, 1.807) is 12.5 Å². The summed E-state index contributed by atoms with van der Waals surface area (Å²) in [6, 6.07) is 8.06. The van der Waals surface area contributed by atoms with E-state index in [9.17, 15) is 0 Å². The molecule has 1 aliphatic rings. The van der Waals surface area contributed by atoms with Crippen LogP contribution in [0.15, 0.2) is 43.0 Å². The van der Waals surface area contributed by atoms with E-state index in [0.717, 1.165) is 49.1 Å². The summed E-state index contributed by atoms with van der Waals surface area (Å²) in [5, 5.41) is 3.48. The molecule has 2 aromatic heterocycles. The summed E-state index contributed by atoms with van der Waals surface area (Å²) in [5.74, 6) is 3.19. The van der Waals surface area contributed by atoms with Crippen LogP contribution in [0.4, 0.5) is 5.82 Å². The zero-order valence-corrected chi connectivity index (χ0v) is 16.1. The fourth-order valence-electron chi connectivity index (χ4n) is 3.06. The van der Waals surface area contributed by atoms with Crippen LogP contribution in [0.1, 0.15) is 17.7 Å². The highest BCUT2D eigenvalue weighted by Crippen LogP contribution is 2.32. The highest BCUT2D eigenvalue weighted by molar-refractivity contribution is 5.44. The van der Waals surface area contributed by atoms with Crippen LogP contribution < -0.4 is 19.7 Å². The Morgan fingerprint density at radius 3 is 2.93 bits per heavy atom. The number of hydrogen-bond acceptors (Lipinski definition) is 7. The first-order valence-electron chi connectivity index (χ1n) is 9.33. The van der Waals surface area contributed by atoms with Gasteiger partial charge < -0.3 is 19.7 Å². The topological polar surface area (TPSA) is 77.3 Å². The molecule has 3 heterocycles. The number of anilines is 1. The zero-order valence-electron chi connectivity index (χ0n) is 16.1. The number of aryl methyl sites for hydroxylation is 1. The van der Waals surface area contributed by atoms with E-state index >= 15 is 0 Å². The smallest absolute Gasteiger partial charge is 0.237 e. The lowest BCUT2D eigenvalue weighted by atomic mass is 10.2. The van der Waals surface area contributed by atoms with Crippen molar-refractivity contribution in [2.75, 3.05) is 31.8 Å². The minimum Gasteiger partial charge on any atom is -0.454 e. The molecule has 0 unspecified atom stereocenters. The number of nitrogens with one attached hydrogen (secondary N) is 1. The maximum absolute atomic E-state index is 5.42. The average Bonchev–Trinajstić information content (AvgIpc) is 3.38. The number of hydrogen-bond donors (Lipinski definition) is 1. The van der Waals surface area contributed by atoms with Crippen LogP contribution in [0, 0.1) is 6.92 Å². The normalized spacial score (nSPS) is 12.4. The number of aromatic nitrogens is 4. The second-order valence-electron chi connectivity index (χ2n) is 6.78. The van der Waals surface area contributed by atoms with Gasteiger partial charge in [-0.15, -0.1) is 0 Å². The Bertz CT molecular complexity index is 928. The van der Waals surface area contributed by atoms with Gasteiger partial charge in [-0.1, -0.05) is 6.07 Å². The fraction of sp³-hybridized carbons (Fsp3) is 0.350. The molecule has 8 heteroatoms. The minimum absolute atomic E-state index is 0.309. The maximum Gasteiger partial charge on any atom is 0.237 e. The van der Waals surface area contributed by atoms with Gasteiger partial charge in [-0.05, 0) is 37.6 Å². The van der Waals surface area contributed by atoms with Gasteiger partial charge in [0.05, 0.1) is 0 Å². The van der Waals surface area contributed by atoms with E-state index < -0.39 is 0 Å². The molecule has 146 valence electrons. The van der Waals surface area contributed by atoms with E-state index in [2.05, 4.69) is 38.3 Å². The standard InChI is InChI=1S/C20H24N6O2/c1-15-10-19(24-20(23-15)26-9-7-22-13-26)25(2)8-3-6-21-12-16-4-5-17-18(11-16)28-14-27-17/h4-5,7,9-11,13,21H,3,6,8,12,14H2,1-2H3. The van der Waals surface area contributed by atoms with Crippen molar-refractivity contribution in [3.8, 4) is 17.4 Å². The van der Waals surface area contributed by atoms with Gasteiger partial charge in [-0.25, -0.2) is 9.97 Å². The lowest BCUT2D eigenvalue weighted by molar-refractivity contribution is 0.174. The summed E-state index contributed by atoms with van der Waals surface area (Å²) in [7, 11) is 2.05. The Balaban J connectivity index is 1.26. The number of benzene rings is 1. The molecule has 0 atom stereocenters. The van der Waals surface area contributed by atoms with Gasteiger partial charge >= 0.3 is 0 Å². The van der Waals surface area contributed by atoms with Crippen LogP contribution in [-0.4, -0.2) is 46.4 Å². The molecule has 1 aliphatic heterocycles. The Morgan fingerprint density at radius 1 is 1.18 bits per heavy atom. The van der Waals surface area contributed by atoms with E-state index in [-0.39, 0.29) is 0 Å². The molecule has 0 aliphatic carbocycles. The third kappa shape index (κ3) is 4.23. The summed E-state index contributed by atoms with van der Waals surface area (Å²) in [6.07, 6.45) is 6.28. The quantitative estimate of drug-likeness (QED) is 0.601. The molecule has 8 nitrogen and oxygen atoms in total. The maximum atomic E-state index is 5.42. The van der Waals surface area contributed by atoms with E-state index in [4.69, 9.17) is 9.47 Å². The number of nitrogens with zero attached hydrogens (tertiary/aromatic N) is 5. The molecule has 0 saturated carbocycles. The molecule has 3 aromatic rings. The number of rotatable bonds is 8. The first-order valence-corrected chi connectivity index (χ1v) is 9.33.